The summed E-state index contributed by atoms with van der Waals surface area (Å²) in [7, 11) is 1.45. The highest BCUT2D eigenvalue weighted by molar-refractivity contribution is 9.10. The lowest BCUT2D eigenvalue weighted by molar-refractivity contribution is -0.130. The van der Waals surface area contributed by atoms with Crippen molar-refractivity contribution < 1.29 is 28.6 Å². The lowest BCUT2D eigenvalue weighted by Gasteiger charge is -2.19. The molecule has 0 spiro atoms. The molecule has 10 nitrogen and oxygen atoms in total. The highest BCUT2D eigenvalue weighted by atomic mass is 79.9. The number of benzene rings is 2. The number of carbonyl (C=O) groups excluding carboxylic acids is 3. The van der Waals surface area contributed by atoms with Crippen LogP contribution in [0.15, 0.2) is 46.0 Å². The predicted octanol–water partition coefficient (Wildman–Crippen LogP) is 2.69. The van der Waals surface area contributed by atoms with E-state index in [9.17, 15) is 14.4 Å². The standard InChI is InChI=1S/C25H31BrN4O6/c1-15(2)9-19(29-23(32)14-35-20-8-6-5-7-16(20)3)25(33)30-28-12-17-10-18(26)24(21(11-17)34-4)36-13-22(27)31/h5-8,10-12,15,19H,9,13-14H2,1-4H3,(H2,27,31)(H,29,32)(H,30,33)/b28-12-/t19-/m0/s1. The Morgan fingerprint density at radius 1 is 1.11 bits per heavy atom. The van der Waals surface area contributed by atoms with Gasteiger partial charge in [0.1, 0.15) is 11.8 Å². The van der Waals surface area contributed by atoms with E-state index < -0.39 is 23.8 Å². The molecule has 4 N–H and O–H groups in total. The predicted molar refractivity (Wildman–Crippen MR) is 139 cm³/mol. The summed E-state index contributed by atoms with van der Waals surface area (Å²) in [6.45, 7) is 5.26. The lowest BCUT2D eigenvalue weighted by Crippen LogP contribution is -2.47. The monoisotopic (exact) mass is 562 g/mol. The van der Waals surface area contributed by atoms with E-state index in [1.165, 1.54) is 13.3 Å². The Bertz CT molecular complexity index is 1110. The first-order chi connectivity index (χ1) is 17.1. The first kappa shape index (κ1) is 28.6. The molecule has 0 saturated carbocycles. The minimum absolute atomic E-state index is 0.149. The fraction of sp³-hybridized carbons (Fsp3) is 0.360. The second-order valence-electron chi connectivity index (χ2n) is 8.33. The van der Waals surface area contributed by atoms with Gasteiger partial charge in [0.25, 0.3) is 17.7 Å². The van der Waals surface area contributed by atoms with E-state index in [1.54, 1.807) is 18.2 Å². The van der Waals surface area contributed by atoms with Crippen LogP contribution in [0, 0.1) is 12.8 Å². The van der Waals surface area contributed by atoms with Crippen LogP contribution in [0.4, 0.5) is 0 Å². The van der Waals surface area contributed by atoms with Crippen molar-refractivity contribution in [3.05, 3.63) is 52.0 Å². The summed E-state index contributed by atoms with van der Waals surface area (Å²) in [4.78, 5) is 36.2. The van der Waals surface area contributed by atoms with Crippen molar-refractivity contribution >= 4 is 39.9 Å². The van der Waals surface area contributed by atoms with Crippen LogP contribution in [0.25, 0.3) is 0 Å². The molecule has 1 atom stereocenters. The molecule has 0 aliphatic rings. The fourth-order valence-corrected chi connectivity index (χ4v) is 3.72. The molecule has 0 bridgehead atoms. The summed E-state index contributed by atoms with van der Waals surface area (Å²) in [5, 5.41) is 6.72. The number of nitrogens with two attached hydrogens (primary N) is 1. The van der Waals surface area contributed by atoms with Gasteiger partial charge in [0.15, 0.2) is 24.7 Å². The molecule has 2 aromatic carbocycles. The summed E-state index contributed by atoms with van der Waals surface area (Å²) >= 11 is 3.36. The number of hydrogen-bond donors (Lipinski definition) is 3. The van der Waals surface area contributed by atoms with Gasteiger partial charge < -0.3 is 25.3 Å². The highest BCUT2D eigenvalue weighted by Gasteiger charge is 2.22. The van der Waals surface area contributed by atoms with E-state index in [4.69, 9.17) is 19.9 Å². The molecular weight excluding hydrogens is 532 g/mol. The third-order valence-corrected chi connectivity index (χ3v) is 5.40. The molecule has 11 heteroatoms. The first-order valence-corrected chi connectivity index (χ1v) is 12.0. The number of halogens is 1. The van der Waals surface area contributed by atoms with E-state index in [2.05, 4.69) is 31.8 Å². The average molecular weight is 563 g/mol. The van der Waals surface area contributed by atoms with Crippen molar-refractivity contribution in [3.63, 3.8) is 0 Å². The van der Waals surface area contributed by atoms with E-state index in [0.717, 1.165) is 5.56 Å². The molecule has 0 fully saturated rings. The average Bonchev–Trinajstić information content (AvgIpc) is 2.81. The zero-order valence-corrected chi connectivity index (χ0v) is 22.3. The molecule has 0 unspecified atom stereocenters. The van der Waals surface area contributed by atoms with Crippen LogP contribution in [0.3, 0.4) is 0 Å². The van der Waals surface area contributed by atoms with E-state index in [0.29, 0.717) is 33.7 Å². The smallest absolute Gasteiger partial charge is 0.262 e. The zero-order chi connectivity index (χ0) is 26.7. The Morgan fingerprint density at radius 2 is 1.83 bits per heavy atom. The Morgan fingerprint density at radius 3 is 2.47 bits per heavy atom. The van der Waals surface area contributed by atoms with Crippen LogP contribution in [-0.2, 0) is 14.4 Å². The maximum atomic E-state index is 12.7. The number of carbonyl (C=O) groups is 3. The molecule has 0 heterocycles. The highest BCUT2D eigenvalue weighted by Crippen LogP contribution is 2.36. The summed E-state index contributed by atoms with van der Waals surface area (Å²) in [6, 6.07) is 9.87. The van der Waals surface area contributed by atoms with Crippen LogP contribution in [0.1, 0.15) is 31.4 Å². The molecule has 0 radical (unpaired) electrons. The minimum atomic E-state index is -0.791. The Labute approximate surface area is 218 Å². The van der Waals surface area contributed by atoms with Gasteiger partial charge in [0.2, 0.25) is 0 Å². The van der Waals surface area contributed by atoms with Gasteiger partial charge in [-0.2, -0.15) is 5.10 Å². The molecule has 2 aromatic rings. The summed E-state index contributed by atoms with van der Waals surface area (Å²) in [5.74, 6) is -0.0886. The quantitative estimate of drug-likeness (QED) is 0.253. The van der Waals surface area contributed by atoms with Gasteiger partial charge in [-0.05, 0) is 64.5 Å². The second-order valence-corrected chi connectivity index (χ2v) is 9.18. The lowest BCUT2D eigenvalue weighted by atomic mass is 10.0. The van der Waals surface area contributed by atoms with Crippen molar-refractivity contribution in [2.24, 2.45) is 16.8 Å². The molecule has 2 rings (SSSR count). The number of aryl methyl sites for hydroxylation is 1. The van der Waals surface area contributed by atoms with E-state index >= 15 is 0 Å². The summed E-state index contributed by atoms with van der Waals surface area (Å²) < 4.78 is 16.7. The number of nitrogens with zero attached hydrogens (tertiary/aromatic N) is 1. The Balaban J connectivity index is 2.02. The van der Waals surface area contributed by atoms with Crippen LogP contribution < -0.4 is 30.7 Å². The number of methoxy groups -OCH3 is 1. The third kappa shape index (κ3) is 9.21. The van der Waals surface area contributed by atoms with Crippen LogP contribution in [0.2, 0.25) is 0 Å². The van der Waals surface area contributed by atoms with E-state index in [1.807, 2.05) is 39.0 Å². The maximum Gasteiger partial charge on any atom is 0.262 e. The number of ether oxygens (including phenoxy) is 3. The largest absolute Gasteiger partial charge is 0.493 e. The van der Waals surface area contributed by atoms with Crippen molar-refractivity contribution in [1.82, 2.24) is 10.7 Å². The molecule has 36 heavy (non-hydrogen) atoms. The Hall–Kier alpha value is -3.60. The number of amides is 3. The van der Waals surface area contributed by atoms with Gasteiger partial charge in [0, 0.05) is 0 Å². The minimum Gasteiger partial charge on any atom is -0.493 e. The summed E-state index contributed by atoms with van der Waals surface area (Å²) in [5.41, 5.74) is 9.08. The normalized spacial score (nSPS) is 11.7. The number of hydrogen-bond acceptors (Lipinski definition) is 7. The Kier molecular flexibility index (Phi) is 11.2. The first-order valence-electron chi connectivity index (χ1n) is 11.2. The topological polar surface area (TPSA) is 141 Å². The van der Waals surface area contributed by atoms with Crippen LogP contribution >= 0.6 is 15.9 Å². The molecule has 0 aliphatic heterocycles. The van der Waals surface area contributed by atoms with Crippen LogP contribution in [-0.4, -0.2) is 50.3 Å². The number of primary amides is 1. The fourth-order valence-electron chi connectivity index (χ4n) is 3.15. The molecular formula is C25H31BrN4O6. The SMILES string of the molecule is COc1cc(/C=N\NC(=O)[C@H](CC(C)C)NC(=O)COc2ccccc2C)cc(Br)c1OCC(N)=O. The van der Waals surface area contributed by atoms with Crippen molar-refractivity contribution in [2.75, 3.05) is 20.3 Å². The van der Waals surface area contributed by atoms with Crippen LogP contribution in [0.5, 0.6) is 17.2 Å². The van der Waals surface area contributed by atoms with Gasteiger partial charge in [-0.25, -0.2) is 5.43 Å². The molecule has 3 amide bonds. The maximum absolute atomic E-state index is 12.7. The van der Waals surface area contributed by atoms with Gasteiger partial charge >= 0.3 is 0 Å². The second kappa shape index (κ2) is 14.1. The van der Waals surface area contributed by atoms with E-state index in [-0.39, 0.29) is 19.1 Å². The van der Waals surface area contributed by atoms with Gasteiger partial charge in [-0.1, -0.05) is 32.0 Å². The number of para-hydroxylation sites is 1. The zero-order valence-electron chi connectivity index (χ0n) is 20.7. The summed E-state index contributed by atoms with van der Waals surface area (Å²) in [6.07, 6.45) is 1.83. The third-order valence-electron chi connectivity index (χ3n) is 4.81. The van der Waals surface area contributed by atoms with Crippen molar-refractivity contribution in [2.45, 2.75) is 33.2 Å². The van der Waals surface area contributed by atoms with Crippen molar-refractivity contribution in [3.8, 4) is 17.2 Å². The van der Waals surface area contributed by atoms with Gasteiger partial charge in [-0.15, -0.1) is 0 Å². The van der Waals surface area contributed by atoms with Gasteiger partial charge in [0.05, 0.1) is 17.8 Å². The van der Waals surface area contributed by atoms with Crippen molar-refractivity contribution in [1.29, 1.82) is 0 Å². The van der Waals surface area contributed by atoms with Gasteiger partial charge in [-0.3, -0.25) is 14.4 Å². The molecule has 0 saturated heterocycles. The number of nitrogens with one attached hydrogen (secondary N) is 2. The molecule has 0 aliphatic carbocycles. The number of hydrazone groups is 1. The molecule has 0 aromatic heterocycles. The number of rotatable bonds is 13. The molecule has 194 valence electrons.